The van der Waals surface area contributed by atoms with Gasteiger partial charge in [0.05, 0.1) is 10.0 Å². The van der Waals surface area contributed by atoms with E-state index in [1.54, 1.807) is 12.1 Å². The van der Waals surface area contributed by atoms with E-state index >= 15 is 0 Å². The molecule has 16 heavy (non-hydrogen) atoms. The molecular formula is C13H8Cl2O. The van der Waals surface area contributed by atoms with Crippen LogP contribution < -0.4 is 0 Å². The average Bonchev–Trinajstić information content (AvgIpc) is 2.34. The summed E-state index contributed by atoms with van der Waals surface area (Å²) in [5.41, 5.74) is 2.22. The van der Waals surface area contributed by atoms with Crippen LogP contribution in [-0.4, -0.2) is 6.29 Å². The Morgan fingerprint density at radius 1 is 0.875 bits per heavy atom. The highest BCUT2D eigenvalue weighted by atomic mass is 35.5. The Kier molecular flexibility index (Phi) is 3.28. The third-order valence-corrected chi connectivity index (χ3v) is 3.22. The van der Waals surface area contributed by atoms with Crippen LogP contribution in [0.1, 0.15) is 10.4 Å². The lowest BCUT2D eigenvalue weighted by atomic mass is 10.0. The number of carbonyl (C=O) groups is 1. The van der Waals surface area contributed by atoms with Crippen molar-refractivity contribution >= 4 is 29.5 Å². The molecule has 0 aliphatic heterocycles. The largest absolute Gasteiger partial charge is 0.298 e. The molecule has 1 nitrogen and oxygen atoms in total. The van der Waals surface area contributed by atoms with Gasteiger partial charge in [-0.3, -0.25) is 4.79 Å². The maximum Gasteiger partial charge on any atom is 0.151 e. The molecular weight excluding hydrogens is 243 g/mol. The molecule has 0 aromatic heterocycles. The van der Waals surface area contributed by atoms with Crippen LogP contribution in [0.25, 0.3) is 11.1 Å². The summed E-state index contributed by atoms with van der Waals surface area (Å²) in [6, 6.07) is 13.1. The second-order valence-electron chi connectivity index (χ2n) is 3.31. The van der Waals surface area contributed by atoms with Crippen molar-refractivity contribution in [1.82, 2.24) is 0 Å². The predicted molar refractivity (Wildman–Crippen MR) is 67.3 cm³/mol. The monoisotopic (exact) mass is 250 g/mol. The average molecular weight is 251 g/mol. The predicted octanol–water partition coefficient (Wildman–Crippen LogP) is 4.47. The van der Waals surface area contributed by atoms with Gasteiger partial charge in [-0.15, -0.1) is 0 Å². The first-order valence-corrected chi connectivity index (χ1v) is 5.48. The lowest BCUT2D eigenvalue weighted by Gasteiger charge is -2.07. The Morgan fingerprint density at radius 2 is 1.56 bits per heavy atom. The fraction of sp³-hybridized carbons (Fsp3) is 0. The third-order valence-electron chi connectivity index (χ3n) is 2.32. The fourth-order valence-electron chi connectivity index (χ4n) is 1.50. The van der Waals surface area contributed by atoms with Gasteiger partial charge in [0.25, 0.3) is 0 Å². The zero-order valence-electron chi connectivity index (χ0n) is 8.28. The summed E-state index contributed by atoms with van der Waals surface area (Å²) in [5, 5.41) is 0.718. The molecule has 0 atom stereocenters. The summed E-state index contributed by atoms with van der Waals surface area (Å²) in [6.45, 7) is 0. The van der Waals surface area contributed by atoms with Crippen LogP contribution in [0, 0.1) is 0 Å². The molecule has 0 aliphatic carbocycles. The fourth-order valence-corrected chi connectivity index (χ4v) is 1.99. The topological polar surface area (TPSA) is 17.1 Å². The molecule has 0 saturated carbocycles. The van der Waals surface area contributed by atoms with Crippen LogP contribution in [0.2, 0.25) is 10.0 Å². The third kappa shape index (κ3) is 1.97. The summed E-state index contributed by atoms with van der Waals surface area (Å²) in [4.78, 5) is 10.7. The highest BCUT2D eigenvalue weighted by molar-refractivity contribution is 6.45. The molecule has 2 aromatic carbocycles. The first-order valence-electron chi connectivity index (χ1n) is 4.72. The summed E-state index contributed by atoms with van der Waals surface area (Å²) < 4.78 is 0. The quantitative estimate of drug-likeness (QED) is 0.719. The molecule has 2 rings (SSSR count). The second-order valence-corrected chi connectivity index (χ2v) is 4.07. The minimum absolute atomic E-state index is 0.304. The summed E-state index contributed by atoms with van der Waals surface area (Å²) >= 11 is 12.1. The molecule has 3 heteroatoms. The first-order chi connectivity index (χ1) is 7.74. The maximum absolute atomic E-state index is 10.7. The lowest BCUT2D eigenvalue weighted by Crippen LogP contribution is -1.86. The van der Waals surface area contributed by atoms with Gasteiger partial charge < -0.3 is 0 Å². The van der Waals surface area contributed by atoms with Gasteiger partial charge in [-0.1, -0.05) is 59.6 Å². The number of hydrogen-bond acceptors (Lipinski definition) is 1. The van der Waals surface area contributed by atoms with E-state index in [1.807, 2.05) is 30.3 Å². The number of halogens is 2. The molecule has 0 unspecified atom stereocenters. The van der Waals surface area contributed by atoms with Crippen LogP contribution in [0.5, 0.6) is 0 Å². The van der Waals surface area contributed by atoms with Crippen molar-refractivity contribution in [3.8, 4) is 11.1 Å². The van der Waals surface area contributed by atoms with Gasteiger partial charge in [-0.2, -0.15) is 0 Å². The zero-order valence-corrected chi connectivity index (χ0v) is 9.79. The van der Waals surface area contributed by atoms with E-state index < -0.39 is 0 Å². The van der Waals surface area contributed by atoms with E-state index in [-0.39, 0.29) is 0 Å². The molecule has 0 amide bonds. The molecule has 2 aromatic rings. The molecule has 0 N–H and O–H groups in total. The highest BCUT2D eigenvalue weighted by Crippen LogP contribution is 2.35. The Balaban J connectivity index is 2.60. The van der Waals surface area contributed by atoms with Crippen LogP contribution >= 0.6 is 23.2 Å². The lowest BCUT2D eigenvalue weighted by molar-refractivity contribution is 0.112. The van der Waals surface area contributed by atoms with E-state index in [9.17, 15) is 4.79 Å². The van der Waals surface area contributed by atoms with Gasteiger partial charge in [0.15, 0.2) is 6.29 Å². The normalized spacial score (nSPS) is 10.1. The molecule has 0 bridgehead atoms. The van der Waals surface area contributed by atoms with Crippen molar-refractivity contribution < 1.29 is 4.79 Å². The van der Waals surface area contributed by atoms with E-state index in [1.165, 1.54) is 0 Å². The molecule has 80 valence electrons. The first kappa shape index (κ1) is 11.2. The number of rotatable bonds is 2. The Bertz CT molecular complexity index is 521. The molecule has 0 saturated heterocycles. The van der Waals surface area contributed by atoms with Gasteiger partial charge in [-0.25, -0.2) is 0 Å². The summed E-state index contributed by atoms with van der Waals surface area (Å²) in [5.74, 6) is 0. The Hall–Kier alpha value is -1.31. The number of carbonyl (C=O) groups excluding carboxylic acids is 1. The number of hydrogen-bond donors (Lipinski definition) is 0. The standard InChI is InChI=1S/C13H8Cl2O/c14-12-10(8-16)6-7-11(13(12)15)9-4-2-1-3-5-9/h1-8H. The van der Waals surface area contributed by atoms with Crippen LogP contribution in [0.15, 0.2) is 42.5 Å². The van der Waals surface area contributed by atoms with Gasteiger partial charge in [0.2, 0.25) is 0 Å². The van der Waals surface area contributed by atoms with Gasteiger partial charge >= 0.3 is 0 Å². The zero-order chi connectivity index (χ0) is 11.5. The van der Waals surface area contributed by atoms with E-state index in [4.69, 9.17) is 23.2 Å². The van der Waals surface area contributed by atoms with Crippen molar-refractivity contribution in [1.29, 1.82) is 0 Å². The summed E-state index contributed by atoms with van der Waals surface area (Å²) in [7, 11) is 0. The van der Waals surface area contributed by atoms with E-state index in [0.29, 0.717) is 21.9 Å². The summed E-state index contributed by atoms with van der Waals surface area (Å²) in [6.07, 6.45) is 0.697. The second kappa shape index (κ2) is 4.69. The minimum atomic E-state index is 0.304. The number of aldehydes is 1. The van der Waals surface area contributed by atoms with E-state index in [2.05, 4.69) is 0 Å². The Morgan fingerprint density at radius 3 is 2.19 bits per heavy atom. The SMILES string of the molecule is O=Cc1ccc(-c2ccccc2)c(Cl)c1Cl. The molecule has 0 spiro atoms. The minimum Gasteiger partial charge on any atom is -0.298 e. The molecule has 0 radical (unpaired) electrons. The highest BCUT2D eigenvalue weighted by Gasteiger charge is 2.10. The van der Waals surface area contributed by atoms with Crippen molar-refractivity contribution in [2.45, 2.75) is 0 Å². The molecule has 0 heterocycles. The van der Waals surface area contributed by atoms with Gasteiger partial charge in [0.1, 0.15) is 0 Å². The van der Waals surface area contributed by atoms with Gasteiger partial charge in [0, 0.05) is 11.1 Å². The smallest absolute Gasteiger partial charge is 0.151 e. The van der Waals surface area contributed by atoms with Gasteiger partial charge in [-0.05, 0) is 11.6 Å². The van der Waals surface area contributed by atoms with Crippen molar-refractivity contribution in [3.63, 3.8) is 0 Å². The molecule has 0 aliphatic rings. The van der Waals surface area contributed by atoms with Crippen molar-refractivity contribution in [3.05, 3.63) is 58.1 Å². The Labute approximate surface area is 104 Å². The van der Waals surface area contributed by atoms with E-state index in [0.717, 1.165) is 11.1 Å². The number of benzene rings is 2. The van der Waals surface area contributed by atoms with Crippen LogP contribution in [0.3, 0.4) is 0 Å². The van der Waals surface area contributed by atoms with Crippen LogP contribution in [-0.2, 0) is 0 Å². The van der Waals surface area contributed by atoms with Crippen molar-refractivity contribution in [2.24, 2.45) is 0 Å². The van der Waals surface area contributed by atoms with Crippen molar-refractivity contribution in [2.75, 3.05) is 0 Å². The van der Waals surface area contributed by atoms with Crippen LogP contribution in [0.4, 0.5) is 0 Å². The maximum atomic E-state index is 10.7. The molecule has 0 fully saturated rings.